The number of nitrogens with zero attached hydrogens (tertiary/aromatic N) is 4. The first-order valence-electron chi connectivity index (χ1n) is 7.04. The van der Waals surface area contributed by atoms with Crippen LogP contribution in [0.4, 0.5) is 0 Å². The van der Waals surface area contributed by atoms with Gasteiger partial charge in [0.05, 0.1) is 22.8 Å². The highest BCUT2D eigenvalue weighted by atomic mass is 32.1. The van der Waals surface area contributed by atoms with E-state index in [2.05, 4.69) is 15.4 Å². The topological polar surface area (TPSA) is 101 Å². The number of carbonyl (C=O) groups is 2. The zero-order chi connectivity index (χ0) is 17.1. The largest absolute Gasteiger partial charge is 0.352 e. The molecule has 0 saturated heterocycles. The second-order valence-corrected chi connectivity index (χ2v) is 6.42. The fraction of sp³-hybridized carbons (Fsp3) is 0.400. The number of aromatic nitrogens is 3. The van der Waals surface area contributed by atoms with Crippen LogP contribution in [0.15, 0.2) is 12.4 Å². The maximum atomic E-state index is 12.5. The van der Waals surface area contributed by atoms with Gasteiger partial charge in [0.2, 0.25) is 11.7 Å². The molecule has 1 atom stereocenters. The summed E-state index contributed by atoms with van der Waals surface area (Å²) in [4.78, 5) is 29.2. The molecule has 2 aromatic heterocycles. The van der Waals surface area contributed by atoms with Crippen molar-refractivity contribution in [1.29, 1.82) is 5.26 Å². The lowest BCUT2D eigenvalue weighted by atomic mass is 10.0. The van der Waals surface area contributed by atoms with Gasteiger partial charge in [-0.05, 0) is 20.8 Å². The van der Waals surface area contributed by atoms with Crippen molar-refractivity contribution in [3.05, 3.63) is 23.0 Å². The van der Waals surface area contributed by atoms with Crippen LogP contribution in [0.2, 0.25) is 0 Å². The molecule has 0 aliphatic carbocycles. The third-order valence-electron chi connectivity index (χ3n) is 3.06. The fourth-order valence-corrected chi connectivity index (χ4v) is 3.03. The maximum absolute atomic E-state index is 12.5. The Bertz CT molecular complexity index is 784. The van der Waals surface area contributed by atoms with Crippen molar-refractivity contribution in [2.24, 2.45) is 13.0 Å². The summed E-state index contributed by atoms with van der Waals surface area (Å²) in [7, 11) is 1.79. The molecular weight excluding hydrogens is 314 g/mol. The second kappa shape index (κ2) is 6.71. The molecule has 0 fully saturated rings. The van der Waals surface area contributed by atoms with E-state index >= 15 is 0 Å². The van der Waals surface area contributed by atoms with Gasteiger partial charge in [0.1, 0.15) is 5.01 Å². The summed E-state index contributed by atoms with van der Waals surface area (Å²) >= 11 is 1.17. The smallest absolute Gasteiger partial charge is 0.245 e. The lowest BCUT2D eigenvalue weighted by molar-refractivity contribution is -0.122. The number of ketones is 1. The van der Waals surface area contributed by atoms with Crippen molar-refractivity contribution in [2.75, 3.05) is 0 Å². The highest BCUT2D eigenvalue weighted by Gasteiger charge is 2.31. The van der Waals surface area contributed by atoms with Gasteiger partial charge in [-0.25, -0.2) is 4.98 Å². The predicted molar refractivity (Wildman–Crippen MR) is 85.8 cm³/mol. The van der Waals surface area contributed by atoms with Crippen molar-refractivity contribution in [3.63, 3.8) is 0 Å². The average Bonchev–Trinajstić information content (AvgIpc) is 3.04. The number of hydrogen-bond donors (Lipinski definition) is 1. The number of thiazole rings is 1. The molecule has 0 saturated carbocycles. The summed E-state index contributed by atoms with van der Waals surface area (Å²) < 4.78 is 1.64. The normalized spacial score (nSPS) is 12.0. The van der Waals surface area contributed by atoms with Crippen LogP contribution in [-0.2, 0) is 11.8 Å². The second-order valence-electron chi connectivity index (χ2n) is 5.43. The molecule has 0 radical (unpaired) electrons. The molecule has 1 amide bonds. The molecule has 0 aliphatic heterocycles. The molecule has 0 aromatic carbocycles. The van der Waals surface area contributed by atoms with Gasteiger partial charge in [0.25, 0.3) is 0 Å². The van der Waals surface area contributed by atoms with Gasteiger partial charge in [-0.3, -0.25) is 14.3 Å². The quantitative estimate of drug-likeness (QED) is 0.664. The summed E-state index contributed by atoms with van der Waals surface area (Å²) in [6.07, 6.45) is 3.44. The Hall–Kier alpha value is -2.53. The van der Waals surface area contributed by atoms with Crippen LogP contribution in [0.3, 0.4) is 0 Å². The summed E-state index contributed by atoms with van der Waals surface area (Å²) in [6, 6.07) is 1.65. The van der Waals surface area contributed by atoms with Crippen molar-refractivity contribution >= 4 is 23.0 Å². The van der Waals surface area contributed by atoms with Gasteiger partial charge in [-0.2, -0.15) is 10.4 Å². The molecule has 23 heavy (non-hydrogen) atoms. The lowest BCUT2D eigenvalue weighted by Gasteiger charge is -2.11. The molecule has 2 heterocycles. The van der Waals surface area contributed by atoms with E-state index in [4.69, 9.17) is 0 Å². The number of hydrogen-bond acceptors (Lipinski definition) is 6. The molecule has 2 rings (SSSR count). The molecule has 0 spiro atoms. The van der Waals surface area contributed by atoms with E-state index in [0.29, 0.717) is 15.6 Å². The molecule has 0 aliphatic rings. The Kier molecular flexibility index (Phi) is 4.91. The van der Waals surface area contributed by atoms with Gasteiger partial charge in [-0.1, -0.05) is 0 Å². The summed E-state index contributed by atoms with van der Waals surface area (Å²) in [6.45, 7) is 5.24. The first-order chi connectivity index (χ1) is 10.8. The lowest BCUT2D eigenvalue weighted by Crippen LogP contribution is -2.38. The average molecular weight is 331 g/mol. The number of Topliss-reactive ketones (excluding diaryl/α,β-unsaturated/α-hetero) is 1. The number of nitriles is 1. The standard InChI is InChI=1S/C15H17N5O2S/c1-8(2)18-14(22)11(5-16)12(21)13-9(3)19-15(23-13)10-6-17-20(4)7-10/h6-8,11H,1-4H3,(H,18,22). The minimum absolute atomic E-state index is 0.139. The van der Waals surface area contributed by atoms with E-state index in [0.717, 1.165) is 5.56 Å². The summed E-state index contributed by atoms with van der Waals surface area (Å²) in [5, 5.41) is 16.5. The Morgan fingerprint density at radius 2 is 2.13 bits per heavy atom. The van der Waals surface area contributed by atoms with E-state index in [1.807, 2.05) is 0 Å². The maximum Gasteiger partial charge on any atom is 0.245 e. The van der Waals surface area contributed by atoms with Gasteiger partial charge < -0.3 is 5.32 Å². The molecular formula is C15H17N5O2S. The minimum Gasteiger partial charge on any atom is -0.352 e. The van der Waals surface area contributed by atoms with Crippen LogP contribution in [0.1, 0.15) is 29.2 Å². The number of amides is 1. The van der Waals surface area contributed by atoms with Crippen LogP contribution in [0, 0.1) is 24.2 Å². The first-order valence-corrected chi connectivity index (χ1v) is 7.85. The van der Waals surface area contributed by atoms with Gasteiger partial charge in [0.15, 0.2) is 5.92 Å². The first kappa shape index (κ1) is 16.8. The third-order valence-corrected chi connectivity index (χ3v) is 4.28. The van der Waals surface area contributed by atoms with Gasteiger partial charge >= 0.3 is 0 Å². The Morgan fingerprint density at radius 1 is 1.43 bits per heavy atom. The van der Waals surface area contributed by atoms with Crippen molar-refractivity contribution in [3.8, 4) is 16.6 Å². The Labute approximate surface area is 138 Å². The number of rotatable bonds is 5. The summed E-state index contributed by atoms with van der Waals surface area (Å²) in [5.41, 5.74) is 1.30. The summed E-state index contributed by atoms with van der Waals surface area (Å²) in [5.74, 6) is -2.46. The molecule has 1 unspecified atom stereocenters. The van der Waals surface area contributed by atoms with Crippen LogP contribution < -0.4 is 5.32 Å². The van der Waals surface area contributed by atoms with E-state index in [1.165, 1.54) is 11.3 Å². The highest BCUT2D eigenvalue weighted by Crippen LogP contribution is 2.29. The molecule has 0 bridgehead atoms. The van der Waals surface area contributed by atoms with Crippen LogP contribution in [0.5, 0.6) is 0 Å². The Morgan fingerprint density at radius 3 is 2.65 bits per heavy atom. The van der Waals surface area contributed by atoms with Gasteiger partial charge in [-0.15, -0.1) is 11.3 Å². The Balaban J connectivity index is 2.30. The monoisotopic (exact) mass is 331 g/mol. The highest BCUT2D eigenvalue weighted by molar-refractivity contribution is 7.17. The molecule has 1 N–H and O–H groups in total. The van der Waals surface area contributed by atoms with Crippen molar-refractivity contribution < 1.29 is 9.59 Å². The number of aryl methyl sites for hydroxylation is 2. The third kappa shape index (κ3) is 3.63. The van der Waals surface area contributed by atoms with Crippen LogP contribution in [-0.4, -0.2) is 32.5 Å². The molecule has 7 nitrogen and oxygen atoms in total. The number of nitrogens with one attached hydrogen (secondary N) is 1. The SMILES string of the molecule is Cc1nc(-c2cnn(C)c2)sc1C(=O)C(C#N)C(=O)NC(C)C. The fourth-order valence-electron chi connectivity index (χ4n) is 2.02. The van der Waals surface area contributed by atoms with Crippen molar-refractivity contribution in [1.82, 2.24) is 20.1 Å². The van der Waals surface area contributed by atoms with Crippen LogP contribution in [0.25, 0.3) is 10.6 Å². The zero-order valence-electron chi connectivity index (χ0n) is 13.3. The van der Waals surface area contributed by atoms with Gasteiger partial charge in [0, 0.05) is 24.8 Å². The molecule has 2 aromatic rings. The van der Waals surface area contributed by atoms with Crippen molar-refractivity contribution in [2.45, 2.75) is 26.8 Å². The van der Waals surface area contributed by atoms with E-state index in [-0.39, 0.29) is 6.04 Å². The predicted octanol–water partition coefficient (Wildman–Crippen LogP) is 1.70. The molecule has 120 valence electrons. The van der Waals surface area contributed by atoms with E-state index < -0.39 is 17.6 Å². The van der Waals surface area contributed by atoms with Crippen LogP contribution >= 0.6 is 11.3 Å². The van der Waals surface area contributed by atoms with E-state index in [9.17, 15) is 14.9 Å². The minimum atomic E-state index is -1.36. The number of carbonyl (C=O) groups excluding carboxylic acids is 2. The zero-order valence-corrected chi connectivity index (χ0v) is 14.1. The van der Waals surface area contributed by atoms with E-state index in [1.54, 1.807) is 51.0 Å². The molecule has 8 heteroatoms.